The van der Waals surface area contributed by atoms with Gasteiger partial charge < -0.3 is 14.9 Å². The van der Waals surface area contributed by atoms with Crippen molar-refractivity contribution in [3.63, 3.8) is 0 Å². The molecule has 1 heterocycles. The summed E-state index contributed by atoms with van der Waals surface area (Å²) in [4.78, 5) is 11.8. The van der Waals surface area contributed by atoms with Gasteiger partial charge >= 0.3 is 5.97 Å². The van der Waals surface area contributed by atoms with E-state index in [0.717, 1.165) is 25.7 Å². The molecule has 0 radical (unpaired) electrons. The van der Waals surface area contributed by atoms with E-state index in [1.807, 2.05) is 6.92 Å². The Hall–Kier alpha value is -0.870. The highest BCUT2D eigenvalue weighted by Gasteiger charge is 2.68. The van der Waals surface area contributed by atoms with E-state index in [-0.39, 0.29) is 16.9 Å². The van der Waals surface area contributed by atoms with Gasteiger partial charge in [-0.05, 0) is 30.6 Å². The van der Waals surface area contributed by atoms with Crippen molar-refractivity contribution in [1.82, 2.24) is 0 Å². The van der Waals surface area contributed by atoms with E-state index < -0.39 is 23.3 Å². The molecule has 2 aliphatic carbocycles. The Morgan fingerprint density at radius 3 is 2.68 bits per heavy atom. The summed E-state index contributed by atoms with van der Waals surface area (Å²) < 4.78 is 4.89. The molecule has 3 aliphatic rings. The molecule has 19 heavy (non-hydrogen) atoms. The molecule has 4 atom stereocenters. The van der Waals surface area contributed by atoms with Gasteiger partial charge in [0.2, 0.25) is 6.29 Å². The summed E-state index contributed by atoms with van der Waals surface area (Å²) >= 11 is 0. The third-order valence-electron chi connectivity index (χ3n) is 5.86. The van der Waals surface area contributed by atoms with Crippen molar-refractivity contribution in [2.75, 3.05) is 0 Å². The summed E-state index contributed by atoms with van der Waals surface area (Å²) in [5.74, 6) is -0.329. The molecule has 2 fully saturated rings. The Labute approximate surface area is 113 Å². The molecule has 0 bridgehead atoms. The molecule has 0 unspecified atom stereocenters. The average Bonchev–Trinajstić information content (AvgIpc) is 2.52. The smallest absolute Gasteiger partial charge is 0.339 e. The van der Waals surface area contributed by atoms with Crippen LogP contribution in [0, 0.1) is 16.7 Å². The molecule has 0 aromatic heterocycles. The molecule has 0 aromatic rings. The monoisotopic (exact) mass is 266 g/mol. The number of rotatable bonds is 0. The van der Waals surface area contributed by atoms with Gasteiger partial charge in [-0.2, -0.15) is 0 Å². The number of hydrogen-bond acceptors (Lipinski definition) is 4. The van der Waals surface area contributed by atoms with Gasteiger partial charge in [0, 0.05) is 5.41 Å². The van der Waals surface area contributed by atoms with Crippen molar-refractivity contribution in [2.45, 2.75) is 58.3 Å². The Bertz CT molecular complexity index is 467. The van der Waals surface area contributed by atoms with E-state index in [9.17, 15) is 15.0 Å². The first-order valence-electron chi connectivity index (χ1n) is 7.05. The lowest BCUT2D eigenvalue weighted by Crippen LogP contribution is -2.62. The Morgan fingerprint density at radius 1 is 1.32 bits per heavy atom. The van der Waals surface area contributed by atoms with E-state index in [0.29, 0.717) is 0 Å². The summed E-state index contributed by atoms with van der Waals surface area (Å²) in [6.07, 6.45) is 4.02. The molecule has 1 aliphatic heterocycles. The van der Waals surface area contributed by atoms with Crippen LogP contribution < -0.4 is 0 Å². The zero-order valence-corrected chi connectivity index (χ0v) is 11.8. The topological polar surface area (TPSA) is 66.8 Å². The van der Waals surface area contributed by atoms with Crippen LogP contribution in [0.25, 0.3) is 0 Å². The predicted octanol–water partition coefficient (Wildman–Crippen LogP) is 1.76. The Kier molecular flexibility index (Phi) is 2.50. The number of ether oxygens (including phenoxy) is 1. The fourth-order valence-electron chi connectivity index (χ4n) is 4.76. The molecule has 3 rings (SSSR count). The van der Waals surface area contributed by atoms with Gasteiger partial charge in [0.15, 0.2) is 5.60 Å². The van der Waals surface area contributed by atoms with Gasteiger partial charge in [0.1, 0.15) is 0 Å². The normalized spacial score (nSPS) is 48.1. The van der Waals surface area contributed by atoms with Crippen LogP contribution in [-0.4, -0.2) is 28.1 Å². The van der Waals surface area contributed by atoms with Crippen molar-refractivity contribution in [3.05, 3.63) is 11.6 Å². The lowest BCUT2D eigenvalue weighted by Gasteiger charge is -2.58. The standard InChI is InChI=1S/C15H22O4/c1-13(2)7-4-8-14(3)10(13)6-5-9-11(16)19-12(17)15(9,14)18/h5,10,12,17-18H,4,6-8H2,1-3H3/t10-,12+,14-,15+/m1/s1. The van der Waals surface area contributed by atoms with Gasteiger partial charge in [-0.25, -0.2) is 4.79 Å². The maximum absolute atomic E-state index is 11.8. The molecular weight excluding hydrogens is 244 g/mol. The largest absolute Gasteiger partial charge is 0.429 e. The number of esters is 1. The van der Waals surface area contributed by atoms with Crippen LogP contribution in [-0.2, 0) is 9.53 Å². The fourth-order valence-corrected chi connectivity index (χ4v) is 4.76. The highest BCUT2D eigenvalue weighted by atomic mass is 16.7. The first-order valence-corrected chi connectivity index (χ1v) is 7.05. The summed E-state index contributed by atoms with van der Waals surface area (Å²) in [5.41, 5.74) is -1.71. The molecule has 1 saturated heterocycles. The lowest BCUT2D eigenvalue weighted by atomic mass is 9.47. The zero-order chi connectivity index (χ0) is 14.1. The average molecular weight is 266 g/mol. The number of aliphatic hydroxyl groups excluding tert-OH is 1. The SMILES string of the molecule is CC1(C)CCC[C@]2(C)[C@@H]1CC=C1C(=O)O[C@H](O)[C@@]12O. The van der Waals surface area contributed by atoms with Gasteiger partial charge in [0.25, 0.3) is 0 Å². The first kappa shape index (κ1) is 13.1. The second-order valence-corrected chi connectivity index (χ2v) is 7.19. The van der Waals surface area contributed by atoms with Crippen LogP contribution >= 0.6 is 0 Å². The van der Waals surface area contributed by atoms with E-state index in [2.05, 4.69) is 13.8 Å². The van der Waals surface area contributed by atoms with Crippen LogP contribution in [0.3, 0.4) is 0 Å². The van der Waals surface area contributed by atoms with Gasteiger partial charge in [-0.1, -0.05) is 33.3 Å². The van der Waals surface area contributed by atoms with Crippen molar-refractivity contribution in [1.29, 1.82) is 0 Å². The molecule has 1 saturated carbocycles. The second-order valence-electron chi connectivity index (χ2n) is 7.19. The maximum atomic E-state index is 11.8. The number of carbonyl (C=O) groups excluding carboxylic acids is 1. The number of hydrogen-bond donors (Lipinski definition) is 2. The molecule has 2 N–H and O–H groups in total. The van der Waals surface area contributed by atoms with E-state index in [1.54, 1.807) is 6.08 Å². The summed E-state index contributed by atoms with van der Waals surface area (Å²) in [5, 5.41) is 21.2. The minimum atomic E-state index is -1.55. The summed E-state index contributed by atoms with van der Waals surface area (Å²) in [6, 6.07) is 0. The molecule has 4 nitrogen and oxygen atoms in total. The molecular formula is C15H22O4. The number of fused-ring (bicyclic) bond motifs is 3. The second kappa shape index (κ2) is 3.61. The van der Waals surface area contributed by atoms with E-state index in [4.69, 9.17) is 4.74 Å². The zero-order valence-electron chi connectivity index (χ0n) is 11.8. The molecule has 4 heteroatoms. The van der Waals surface area contributed by atoms with Crippen LogP contribution in [0.4, 0.5) is 0 Å². The van der Waals surface area contributed by atoms with Crippen molar-refractivity contribution < 1.29 is 19.7 Å². The van der Waals surface area contributed by atoms with Crippen LogP contribution in [0.1, 0.15) is 46.5 Å². The van der Waals surface area contributed by atoms with Crippen molar-refractivity contribution in [3.8, 4) is 0 Å². The molecule has 106 valence electrons. The third kappa shape index (κ3) is 1.39. The van der Waals surface area contributed by atoms with Crippen LogP contribution in [0.15, 0.2) is 11.6 Å². The highest BCUT2D eigenvalue weighted by molar-refractivity contribution is 5.94. The minimum Gasteiger partial charge on any atom is -0.429 e. The number of allylic oxidation sites excluding steroid dienone is 1. The predicted molar refractivity (Wildman–Crippen MR) is 69.0 cm³/mol. The minimum absolute atomic E-state index is 0.0934. The van der Waals surface area contributed by atoms with Crippen LogP contribution in [0.5, 0.6) is 0 Å². The maximum Gasteiger partial charge on any atom is 0.339 e. The highest BCUT2D eigenvalue weighted by Crippen LogP contribution is 2.63. The van der Waals surface area contributed by atoms with Gasteiger partial charge in [0.05, 0.1) is 5.57 Å². The Morgan fingerprint density at radius 2 is 2.00 bits per heavy atom. The van der Waals surface area contributed by atoms with Gasteiger partial charge in [-0.15, -0.1) is 0 Å². The molecule has 0 amide bonds. The molecule has 0 aromatic carbocycles. The van der Waals surface area contributed by atoms with Gasteiger partial charge in [-0.3, -0.25) is 0 Å². The fraction of sp³-hybridized carbons (Fsp3) is 0.800. The van der Waals surface area contributed by atoms with E-state index in [1.165, 1.54) is 0 Å². The Balaban J connectivity index is 2.16. The lowest BCUT2D eigenvalue weighted by molar-refractivity contribution is -0.230. The first-order chi connectivity index (χ1) is 8.73. The number of cyclic esters (lactones) is 1. The molecule has 0 spiro atoms. The van der Waals surface area contributed by atoms with Crippen molar-refractivity contribution in [2.24, 2.45) is 16.7 Å². The third-order valence-corrected chi connectivity index (χ3v) is 5.86. The summed E-state index contributed by atoms with van der Waals surface area (Å²) in [6.45, 7) is 6.42. The van der Waals surface area contributed by atoms with Crippen molar-refractivity contribution >= 4 is 5.97 Å². The number of aliphatic hydroxyl groups is 2. The van der Waals surface area contributed by atoms with E-state index >= 15 is 0 Å². The van der Waals surface area contributed by atoms with Crippen LogP contribution in [0.2, 0.25) is 0 Å². The quantitative estimate of drug-likeness (QED) is 0.656. The summed E-state index contributed by atoms with van der Waals surface area (Å²) in [7, 11) is 0. The number of carbonyl (C=O) groups is 1.